The second kappa shape index (κ2) is 4.76. The van der Waals surface area contributed by atoms with Gasteiger partial charge in [0, 0.05) is 6.54 Å². The van der Waals surface area contributed by atoms with Gasteiger partial charge in [0.15, 0.2) is 6.04 Å². The highest BCUT2D eigenvalue weighted by Crippen LogP contribution is 2.67. The molecule has 18 heavy (non-hydrogen) atoms. The van der Waals surface area contributed by atoms with Gasteiger partial charge in [-0.2, -0.15) is 0 Å². The van der Waals surface area contributed by atoms with Crippen molar-refractivity contribution in [3.05, 3.63) is 0 Å². The summed E-state index contributed by atoms with van der Waals surface area (Å²) in [5, 5.41) is 22.3. The minimum Gasteiger partial charge on any atom is -0.480 e. The highest BCUT2D eigenvalue weighted by Gasteiger charge is 2.64. The maximum absolute atomic E-state index is 11.5. The maximum atomic E-state index is 11.5. The molecule has 0 spiro atoms. The van der Waals surface area contributed by atoms with Gasteiger partial charge in [-0.05, 0) is 16.7 Å². The first-order chi connectivity index (χ1) is 8.14. The fourth-order valence-corrected chi connectivity index (χ4v) is 2.43. The van der Waals surface area contributed by atoms with Crippen LogP contribution in [-0.4, -0.2) is 41.4 Å². The molecule has 1 atom stereocenters. The number of carbonyl (C=O) groups is 2. The molecule has 0 radical (unpaired) electrons. The standard InChI is InChI=1S/C12H22N2O4/c1-11(2)8(12(11,3)4)5-13-10(18)14-7(6-15)9(16)17/h7-8,15H,5-6H2,1-4H3,(H,16,17)(H2,13,14,18)/t7-/m0/s1. The van der Waals surface area contributed by atoms with Crippen LogP contribution in [0.5, 0.6) is 0 Å². The number of urea groups is 1. The molecule has 1 saturated carbocycles. The second-order valence-electron chi connectivity index (χ2n) is 5.92. The number of nitrogens with one attached hydrogen (secondary N) is 2. The lowest BCUT2D eigenvalue weighted by atomic mass is 10.0. The molecule has 0 saturated heterocycles. The smallest absolute Gasteiger partial charge is 0.328 e. The van der Waals surface area contributed by atoms with E-state index in [4.69, 9.17) is 10.2 Å². The molecule has 1 fully saturated rings. The molecule has 1 rings (SSSR count). The number of hydrogen-bond donors (Lipinski definition) is 4. The zero-order chi connectivity index (χ0) is 14.1. The van der Waals surface area contributed by atoms with Crippen LogP contribution < -0.4 is 10.6 Å². The first-order valence-corrected chi connectivity index (χ1v) is 6.02. The summed E-state index contributed by atoms with van der Waals surface area (Å²) in [6.45, 7) is 8.46. The Balaban J connectivity index is 2.38. The van der Waals surface area contributed by atoms with E-state index in [9.17, 15) is 9.59 Å². The predicted molar refractivity (Wildman–Crippen MR) is 66.1 cm³/mol. The van der Waals surface area contributed by atoms with Gasteiger partial charge in [-0.3, -0.25) is 0 Å². The average Bonchev–Trinajstić information content (AvgIpc) is 2.63. The second-order valence-corrected chi connectivity index (χ2v) is 5.92. The molecule has 0 aromatic rings. The minimum atomic E-state index is -1.26. The molecule has 0 aromatic heterocycles. The lowest BCUT2D eigenvalue weighted by Crippen LogP contribution is -2.48. The average molecular weight is 258 g/mol. The van der Waals surface area contributed by atoms with Crippen LogP contribution in [0, 0.1) is 16.7 Å². The van der Waals surface area contributed by atoms with Crippen molar-refractivity contribution in [2.75, 3.05) is 13.2 Å². The van der Waals surface area contributed by atoms with Gasteiger partial charge < -0.3 is 20.8 Å². The number of carboxylic acid groups (broad SMARTS) is 1. The van der Waals surface area contributed by atoms with Crippen molar-refractivity contribution in [3.8, 4) is 0 Å². The Labute approximate surface area is 107 Å². The van der Waals surface area contributed by atoms with Gasteiger partial charge in [0.05, 0.1) is 6.61 Å². The van der Waals surface area contributed by atoms with Crippen molar-refractivity contribution in [1.29, 1.82) is 0 Å². The molecule has 1 aliphatic rings. The molecule has 0 aliphatic heterocycles. The van der Waals surface area contributed by atoms with E-state index < -0.39 is 24.6 Å². The van der Waals surface area contributed by atoms with Crippen LogP contribution in [-0.2, 0) is 4.79 Å². The van der Waals surface area contributed by atoms with E-state index in [0.29, 0.717) is 12.5 Å². The molecule has 0 heterocycles. The molecule has 0 bridgehead atoms. The van der Waals surface area contributed by atoms with Crippen molar-refractivity contribution in [1.82, 2.24) is 10.6 Å². The van der Waals surface area contributed by atoms with Crippen molar-refractivity contribution >= 4 is 12.0 Å². The van der Waals surface area contributed by atoms with Gasteiger partial charge in [-0.15, -0.1) is 0 Å². The normalized spacial score (nSPS) is 22.1. The van der Waals surface area contributed by atoms with Crippen LogP contribution in [0.2, 0.25) is 0 Å². The summed E-state index contributed by atoms with van der Waals surface area (Å²) in [6.07, 6.45) is 0. The van der Waals surface area contributed by atoms with Gasteiger partial charge in [0.25, 0.3) is 0 Å². The number of hydrogen-bond acceptors (Lipinski definition) is 3. The summed E-state index contributed by atoms with van der Waals surface area (Å²) >= 11 is 0. The molecule has 0 unspecified atom stereocenters. The molecule has 6 heteroatoms. The Kier molecular flexibility index (Phi) is 3.90. The van der Waals surface area contributed by atoms with Crippen LogP contribution >= 0.6 is 0 Å². The fourth-order valence-electron chi connectivity index (χ4n) is 2.43. The van der Waals surface area contributed by atoms with E-state index in [1.807, 2.05) is 0 Å². The Morgan fingerprint density at radius 2 is 1.72 bits per heavy atom. The number of amides is 2. The maximum Gasteiger partial charge on any atom is 0.328 e. The van der Waals surface area contributed by atoms with Gasteiger partial charge in [-0.1, -0.05) is 27.7 Å². The quantitative estimate of drug-likeness (QED) is 0.574. The van der Waals surface area contributed by atoms with Crippen LogP contribution in [0.4, 0.5) is 4.79 Å². The monoisotopic (exact) mass is 258 g/mol. The van der Waals surface area contributed by atoms with Crippen LogP contribution in [0.1, 0.15) is 27.7 Å². The summed E-state index contributed by atoms with van der Waals surface area (Å²) in [7, 11) is 0. The first kappa shape index (κ1) is 14.8. The van der Waals surface area contributed by atoms with Crippen molar-refractivity contribution in [2.45, 2.75) is 33.7 Å². The number of aliphatic hydroxyl groups excluding tert-OH is 1. The molecule has 2 amide bonds. The van der Waals surface area contributed by atoms with Crippen molar-refractivity contribution in [3.63, 3.8) is 0 Å². The largest absolute Gasteiger partial charge is 0.480 e. The number of aliphatic carboxylic acids is 1. The van der Waals surface area contributed by atoms with Crippen molar-refractivity contribution in [2.24, 2.45) is 16.7 Å². The SMILES string of the molecule is CC1(C)C(CNC(=O)N[C@@H](CO)C(=O)O)C1(C)C. The molecular formula is C12H22N2O4. The summed E-state index contributed by atoms with van der Waals surface area (Å²) in [4.78, 5) is 22.1. The van der Waals surface area contributed by atoms with E-state index in [1.54, 1.807) is 0 Å². The third-order valence-electron chi connectivity index (χ3n) is 4.57. The zero-order valence-electron chi connectivity index (χ0n) is 11.3. The fraction of sp³-hybridized carbons (Fsp3) is 0.833. The Hall–Kier alpha value is -1.30. The van der Waals surface area contributed by atoms with Gasteiger partial charge >= 0.3 is 12.0 Å². The lowest BCUT2D eigenvalue weighted by Gasteiger charge is -2.13. The summed E-state index contributed by atoms with van der Waals surface area (Å²) in [5.74, 6) is -0.882. The van der Waals surface area contributed by atoms with Crippen LogP contribution in [0.25, 0.3) is 0 Å². The van der Waals surface area contributed by atoms with Crippen LogP contribution in [0.15, 0.2) is 0 Å². The molecule has 104 valence electrons. The molecule has 4 N–H and O–H groups in total. The van der Waals surface area contributed by atoms with E-state index in [-0.39, 0.29) is 10.8 Å². The number of aliphatic hydroxyl groups is 1. The minimum absolute atomic E-state index is 0.170. The van der Waals surface area contributed by atoms with E-state index in [2.05, 4.69) is 38.3 Å². The predicted octanol–water partition coefficient (Wildman–Crippen LogP) is 0.413. The molecular weight excluding hydrogens is 236 g/mol. The molecule has 1 aliphatic carbocycles. The Morgan fingerprint density at radius 1 is 1.22 bits per heavy atom. The Morgan fingerprint density at radius 3 is 2.06 bits per heavy atom. The molecule has 6 nitrogen and oxygen atoms in total. The topological polar surface area (TPSA) is 98.7 Å². The summed E-state index contributed by atoms with van der Waals surface area (Å²) < 4.78 is 0. The van der Waals surface area contributed by atoms with E-state index in [1.165, 1.54) is 0 Å². The van der Waals surface area contributed by atoms with E-state index >= 15 is 0 Å². The van der Waals surface area contributed by atoms with E-state index in [0.717, 1.165) is 0 Å². The van der Waals surface area contributed by atoms with Gasteiger partial charge in [-0.25, -0.2) is 9.59 Å². The number of carbonyl (C=O) groups excluding carboxylic acids is 1. The zero-order valence-corrected chi connectivity index (χ0v) is 11.3. The highest BCUT2D eigenvalue weighted by atomic mass is 16.4. The lowest BCUT2D eigenvalue weighted by molar-refractivity contribution is -0.140. The Bertz CT molecular complexity index is 338. The summed E-state index contributed by atoms with van der Waals surface area (Å²) in [6, 6.07) is -1.82. The first-order valence-electron chi connectivity index (χ1n) is 6.02. The van der Waals surface area contributed by atoms with Crippen LogP contribution in [0.3, 0.4) is 0 Å². The number of rotatable bonds is 5. The van der Waals surface area contributed by atoms with Gasteiger partial charge in [0.1, 0.15) is 0 Å². The van der Waals surface area contributed by atoms with Crippen molar-refractivity contribution < 1.29 is 19.8 Å². The number of carboxylic acids is 1. The third kappa shape index (κ3) is 2.58. The van der Waals surface area contributed by atoms with Gasteiger partial charge in [0.2, 0.25) is 0 Å². The molecule has 0 aromatic carbocycles. The highest BCUT2D eigenvalue weighted by molar-refractivity contribution is 5.82. The summed E-state index contributed by atoms with van der Waals surface area (Å²) in [5.41, 5.74) is 0.340. The third-order valence-corrected chi connectivity index (χ3v) is 4.57.